The summed E-state index contributed by atoms with van der Waals surface area (Å²) in [7, 11) is 1.95. The Labute approximate surface area is 123 Å². The molecule has 0 saturated carbocycles. The molecule has 3 rings (SSSR count). The van der Waals surface area contributed by atoms with Crippen molar-refractivity contribution in [1.29, 1.82) is 0 Å². The first-order valence-electron chi connectivity index (χ1n) is 6.84. The molecule has 0 saturated heterocycles. The van der Waals surface area contributed by atoms with Gasteiger partial charge in [0.15, 0.2) is 0 Å². The van der Waals surface area contributed by atoms with Gasteiger partial charge in [-0.2, -0.15) is 0 Å². The van der Waals surface area contributed by atoms with Gasteiger partial charge in [0.1, 0.15) is 5.82 Å². The molecule has 0 fully saturated rings. The summed E-state index contributed by atoms with van der Waals surface area (Å²) < 4.78 is 0. The van der Waals surface area contributed by atoms with E-state index < -0.39 is 0 Å². The van der Waals surface area contributed by atoms with Crippen LogP contribution in [0, 0.1) is 0 Å². The molecule has 2 aromatic heterocycles. The number of pyridine rings is 1. The van der Waals surface area contributed by atoms with Crippen molar-refractivity contribution in [3.63, 3.8) is 0 Å². The Morgan fingerprint density at radius 3 is 2.57 bits per heavy atom. The third-order valence-corrected chi connectivity index (χ3v) is 3.53. The van der Waals surface area contributed by atoms with Crippen molar-refractivity contribution >= 4 is 16.9 Å². The van der Waals surface area contributed by atoms with Gasteiger partial charge in [0.25, 0.3) is 0 Å². The van der Waals surface area contributed by atoms with E-state index in [0.717, 1.165) is 23.0 Å². The zero-order chi connectivity index (χ0) is 14.7. The number of likely N-dealkylation sites (N-methyl/N-ethyl adjacent to an activating group) is 1. The highest BCUT2D eigenvalue weighted by Crippen LogP contribution is 2.21. The quantitative estimate of drug-likeness (QED) is 0.765. The normalized spacial score (nSPS) is 12.4. The molecule has 2 heterocycles. The minimum absolute atomic E-state index is 0.193. The van der Waals surface area contributed by atoms with Gasteiger partial charge in [-0.1, -0.05) is 6.07 Å². The van der Waals surface area contributed by atoms with Crippen molar-refractivity contribution < 1.29 is 0 Å². The lowest BCUT2D eigenvalue weighted by Crippen LogP contribution is -2.19. The standard InChI is InChI=1S/C16H17N5/c1-18-14(8-11-4-5-21-16(17)9-11)12-2-3-13-15(10-12)20-7-6-19-13/h2-7,9-10,14,18H,8H2,1H3,(H2,17,21). The average Bonchev–Trinajstić information content (AvgIpc) is 2.52. The van der Waals surface area contributed by atoms with Crippen LogP contribution in [0.1, 0.15) is 17.2 Å². The monoisotopic (exact) mass is 279 g/mol. The zero-order valence-corrected chi connectivity index (χ0v) is 11.8. The molecule has 0 radical (unpaired) electrons. The van der Waals surface area contributed by atoms with Crippen molar-refractivity contribution in [3.8, 4) is 0 Å². The molecule has 3 aromatic rings. The van der Waals surface area contributed by atoms with E-state index in [0.29, 0.717) is 5.82 Å². The fourth-order valence-corrected chi connectivity index (χ4v) is 2.44. The number of fused-ring (bicyclic) bond motifs is 1. The van der Waals surface area contributed by atoms with Crippen molar-refractivity contribution in [2.45, 2.75) is 12.5 Å². The molecular weight excluding hydrogens is 262 g/mol. The van der Waals surface area contributed by atoms with E-state index >= 15 is 0 Å². The van der Waals surface area contributed by atoms with Crippen LogP contribution in [-0.2, 0) is 6.42 Å². The molecule has 106 valence electrons. The van der Waals surface area contributed by atoms with E-state index in [2.05, 4.69) is 32.4 Å². The summed E-state index contributed by atoms with van der Waals surface area (Å²) >= 11 is 0. The number of aromatic nitrogens is 3. The Morgan fingerprint density at radius 1 is 1.00 bits per heavy atom. The van der Waals surface area contributed by atoms with Gasteiger partial charge in [-0.15, -0.1) is 0 Å². The lowest BCUT2D eigenvalue weighted by Gasteiger charge is -2.17. The zero-order valence-electron chi connectivity index (χ0n) is 11.8. The highest BCUT2D eigenvalue weighted by atomic mass is 14.9. The fraction of sp³-hybridized carbons (Fsp3) is 0.188. The second-order valence-electron chi connectivity index (χ2n) is 4.94. The first kappa shape index (κ1) is 13.5. The van der Waals surface area contributed by atoms with Crippen LogP contribution in [-0.4, -0.2) is 22.0 Å². The first-order chi connectivity index (χ1) is 10.3. The number of rotatable bonds is 4. The van der Waals surface area contributed by atoms with E-state index in [9.17, 15) is 0 Å². The SMILES string of the molecule is CNC(Cc1ccnc(N)c1)c1ccc2nccnc2c1. The Balaban J connectivity index is 1.90. The van der Waals surface area contributed by atoms with Crippen molar-refractivity contribution in [3.05, 3.63) is 60.0 Å². The van der Waals surface area contributed by atoms with E-state index in [1.165, 1.54) is 5.56 Å². The Morgan fingerprint density at radius 2 is 1.81 bits per heavy atom. The molecule has 0 aliphatic heterocycles. The number of nitrogens with two attached hydrogens (primary N) is 1. The van der Waals surface area contributed by atoms with Gasteiger partial charge >= 0.3 is 0 Å². The second-order valence-corrected chi connectivity index (χ2v) is 4.94. The summed E-state index contributed by atoms with van der Waals surface area (Å²) in [4.78, 5) is 12.7. The predicted octanol–water partition coefficient (Wildman–Crippen LogP) is 2.11. The maximum Gasteiger partial charge on any atom is 0.123 e. The molecule has 1 atom stereocenters. The summed E-state index contributed by atoms with van der Waals surface area (Å²) in [6, 6.07) is 10.3. The minimum Gasteiger partial charge on any atom is -0.384 e. The maximum atomic E-state index is 5.74. The molecule has 5 nitrogen and oxygen atoms in total. The molecule has 3 N–H and O–H groups in total. The van der Waals surface area contributed by atoms with E-state index in [4.69, 9.17) is 5.73 Å². The molecule has 0 bridgehead atoms. The smallest absolute Gasteiger partial charge is 0.123 e. The molecule has 5 heteroatoms. The van der Waals surface area contributed by atoms with Gasteiger partial charge in [-0.3, -0.25) is 9.97 Å². The van der Waals surface area contributed by atoms with Gasteiger partial charge in [-0.05, 0) is 48.9 Å². The van der Waals surface area contributed by atoms with Gasteiger partial charge < -0.3 is 11.1 Å². The fourth-order valence-electron chi connectivity index (χ4n) is 2.44. The van der Waals surface area contributed by atoms with Gasteiger partial charge in [-0.25, -0.2) is 4.98 Å². The predicted molar refractivity (Wildman–Crippen MR) is 83.7 cm³/mol. The second kappa shape index (κ2) is 5.85. The van der Waals surface area contributed by atoms with Gasteiger partial charge in [0.05, 0.1) is 11.0 Å². The third kappa shape index (κ3) is 2.98. The number of nitrogens with one attached hydrogen (secondary N) is 1. The average molecular weight is 279 g/mol. The van der Waals surface area contributed by atoms with Crippen LogP contribution in [0.4, 0.5) is 5.82 Å². The largest absolute Gasteiger partial charge is 0.384 e. The van der Waals surface area contributed by atoms with E-state index in [1.54, 1.807) is 18.6 Å². The van der Waals surface area contributed by atoms with E-state index in [1.807, 2.05) is 25.2 Å². The number of hydrogen-bond donors (Lipinski definition) is 2. The number of benzene rings is 1. The van der Waals surface area contributed by atoms with Crippen LogP contribution in [0.15, 0.2) is 48.9 Å². The molecule has 1 aromatic carbocycles. The summed E-state index contributed by atoms with van der Waals surface area (Å²) in [5, 5.41) is 3.34. The molecular formula is C16H17N5. The van der Waals surface area contributed by atoms with Gasteiger partial charge in [0, 0.05) is 24.6 Å². The van der Waals surface area contributed by atoms with Crippen molar-refractivity contribution in [2.75, 3.05) is 12.8 Å². The Hall–Kier alpha value is -2.53. The lowest BCUT2D eigenvalue weighted by atomic mass is 9.99. The molecule has 0 aliphatic carbocycles. The van der Waals surface area contributed by atoms with Gasteiger partial charge in [0.2, 0.25) is 0 Å². The summed E-state index contributed by atoms with van der Waals surface area (Å²) in [5.41, 5.74) is 9.89. The van der Waals surface area contributed by atoms with Crippen LogP contribution in [0.3, 0.4) is 0 Å². The summed E-state index contributed by atoms with van der Waals surface area (Å²) in [5.74, 6) is 0.548. The van der Waals surface area contributed by atoms with E-state index in [-0.39, 0.29) is 6.04 Å². The van der Waals surface area contributed by atoms with Crippen LogP contribution in [0.25, 0.3) is 11.0 Å². The highest BCUT2D eigenvalue weighted by Gasteiger charge is 2.11. The van der Waals surface area contributed by atoms with Crippen LogP contribution in [0.2, 0.25) is 0 Å². The van der Waals surface area contributed by atoms with Crippen LogP contribution in [0.5, 0.6) is 0 Å². The summed E-state index contributed by atoms with van der Waals surface area (Å²) in [6.07, 6.45) is 6.00. The molecule has 0 amide bonds. The maximum absolute atomic E-state index is 5.74. The Kier molecular flexibility index (Phi) is 3.75. The highest BCUT2D eigenvalue weighted by molar-refractivity contribution is 5.74. The minimum atomic E-state index is 0.193. The molecule has 21 heavy (non-hydrogen) atoms. The molecule has 1 unspecified atom stereocenters. The molecule has 0 aliphatic rings. The Bertz CT molecular complexity index is 756. The third-order valence-electron chi connectivity index (χ3n) is 3.53. The number of anilines is 1. The first-order valence-corrected chi connectivity index (χ1v) is 6.84. The van der Waals surface area contributed by atoms with Crippen LogP contribution >= 0.6 is 0 Å². The topological polar surface area (TPSA) is 76.7 Å². The molecule has 0 spiro atoms. The van der Waals surface area contributed by atoms with Crippen LogP contribution < -0.4 is 11.1 Å². The number of nitrogens with zero attached hydrogens (tertiary/aromatic N) is 3. The number of nitrogen functional groups attached to an aromatic ring is 1. The van der Waals surface area contributed by atoms with Crippen molar-refractivity contribution in [1.82, 2.24) is 20.3 Å². The van der Waals surface area contributed by atoms with Crippen molar-refractivity contribution in [2.24, 2.45) is 0 Å². The lowest BCUT2D eigenvalue weighted by molar-refractivity contribution is 0.592. The summed E-state index contributed by atoms with van der Waals surface area (Å²) in [6.45, 7) is 0. The number of hydrogen-bond acceptors (Lipinski definition) is 5.